The van der Waals surface area contributed by atoms with Crippen LogP contribution in [0.3, 0.4) is 0 Å². The first kappa shape index (κ1) is 24.0. The molecule has 0 unspecified atom stereocenters. The first-order valence-corrected chi connectivity index (χ1v) is 13.5. The van der Waals surface area contributed by atoms with Gasteiger partial charge < -0.3 is 14.2 Å². The van der Waals surface area contributed by atoms with Crippen LogP contribution in [0.4, 0.5) is 0 Å². The van der Waals surface area contributed by atoms with Crippen molar-refractivity contribution >= 4 is 15.7 Å². The van der Waals surface area contributed by atoms with Gasteiger partial charge >= 0.3 is 0 Å². The summed E-state index contributed by atoms with van der Waals surface area (Å²) < 4.78 is 34.3. The van der Waals surface area contributed by atoms with Crippen molar-refractivity contribution in [1.82, 2.24) is 14.5 Å². The Morgan fingerprint density at radius 1 is 1.18 bits per heavy atom. The first-order chi connectivity index (χ1) is 15.6. The molecule has 33 heavy (non-hydrogen) atoms. The highest BCUT2D eigenvalue weighted by atomic mass is 32.2. The van der Waals surface area contributed by atoms with Gasteiger partial charge in [-0.05, 0) is 36.7 Å². The van der Waals surface area contributed by atoms with Crippen molar-refractivity contribution in [3.63, 3.8) is 0 Å². The number of carbonyl (C=O) groups excluding carboxylic acids is 1. The minimum absolute atomic E-state index is 0.0386. The largest absolute Gasteiger partial charge is 0.376 e. The van der Waals surface area contributed by atoms with Crippen LogP contribution in [0, 0.1) is 5.41 Å². The molecule has 0 radical (unpaired) electrons. The predicted molar refractivity (Wildman–Crippen MR) is 126 cm³/mol. The van der Waals surface area contributed by atoms with Crippen LogP contribution in [0.1, 0.15) is 64.1 Å². The molecule has 0 spiro atoms. The molecule has 0 N–H and O–H groups in total. The van der Waals surface area contributed by atoms with Gasteiger partial charge in [0.05, 0.1) is 36.8 Å². The van der Waals surface area contributed by atoms with E-state index in [4.69, 9.17) is 4.74 Å². The van der Waals surface area contributed by atoms with E-state index >= 15 is 0 Å². The Balaban J connectivity index is 1.63. The zero-order valence-corrected chi connectivity index (χ0v) is 20.7. The van der Waals surface area contributed by atoms with Crippen LogP contribution in [-0.2, 0) is 38.2 Å². The number of amides is 1. The maximum Gasteiger partial charge on any atom is 0.228 e. The zero-order valence-electron chi connectivity index (χ0n) is 19.9. The van der Waals surface area contributed by atoms with Gasteiger partial charge in [-0.1, -0.05) is 51.1 Å². The van der Waals surface area contributed by atoms with Crippen LogP contribution in [0.2, 0.25) is 0 Å². The van der Waals surface area contributed by atoms with E-state index in [1.807, 2.05) is 35.2 Å². The van der Waals surface area contributed by atoms with Gasteiger partial charge in [0.15, 0.2) is 0 Å². The minimum atomic E-state index is -3.66. The van der Waals surface area contributed by atoms with Gasteiger partial charge in [0.2, 0.25) is 20.9 Å². The topological polar surface area (TPSA) is 81.5 Å². The number of ether oxygens (including phenoxy) is 1. The summed E-state index contributed by atoms with van der Waals surface area (Å²) >= 11 is 0. The number of imidazole rings is 1. The maximum atomic E-state index is 13.4. The van der Waals surface area contributed by atoms with Gasteiger partial charge in [0, 0.05) is 19.1 Å². The summed E-state index contributed by atoms with van der Waals surface area (Å²) in [5.41, 5.74) is 1.38. The Kier molecular flexibility index (Phi) is 6.96. The molecule has 1 aliphatic heterocycles. The van der Waals surface area contributed by atoms with E-state index in [1.165, 1.54) is 0 Å². The second-order valence-electron chi connectivity index (χ2n) is 10.5. The Labute approximate surface area is 197 Å². The standard InChI is InChI=1S/C25H35N3O4S/c1-25(2,3)14-23(29)27(20-11-12-20)16-21-15-26-24(28(21)17-22-10-7-13-32-22)33(30,31)18-19-8-5-4-6-9-19/h4-6,8-9,15,20,22H,7,10-14,16-18H2,1-3H3/t22-/m0/s1. The number of sulfone groups is 1. The van der Waals surface area contributed by atoms with Crippen molar-refractivity contribution in [3.8, 4) is 0 Å². The molecule has 8 heteroatoms. The zero-order chi connectivity index (χ0) is 23.6. The van der Waals surface area contributed by atoms with E-state index in [0.717, 1.165) is 36.9 Å². The van der Waals surface area contributed by atoms with Crippen LogP contribution < -0.4 is 0 Å². The van der Waals surface area contributed by atoms with Crippen molar-refractivity contribution < 1.29 is 17.9 Å². The highest BCUT2D eigenvalue weighted by Gasteiger charge is 2.36. The summed E-state index contributed by atoms with van der Waals surface area (Å²) in [6.07, 6.45) is 5.91. The Hall–Kier alpha value is -2.19. The van der Waals surface area contributed by atoms with Crippen LogP contribution in [0.25, 0.3) is 0 Å². The van der Waals surface area contributed by atoms with Gasteiger partial charge in [-0.25, -0.2) is 13.4 Å². The van der Waals surface area contributed by atoms with Gasteiger partial charge in [-0.15, -0.1) is 0 Å². The van der Waals surface area contributed by atoms with Gasteiger partial charge in [-0.2, -0.15) is 0 Å². The third-order valence-electron chi connectivity index (χ3n) is 6.11. The quantitative estimate of drug-likeness (QED) is 0.551. The maximum absolute atomic E-state index is 13.4. The predicted octanol–water partition coefficient (Wildman–Crippen LogP) is 3.96. The number of hydrogen-bond acceptors (Lipinski definition) is 5. The number of hydrogen-bond donors (Lipinski definition) is 0. The van der Waals surface area contributed by atoms with Crippen molar-refractivity contribution in [2.45, 2.75) is 89.0 Å². The minimum Gasteiger partial charge on any atom is -0.376 e. The average molecular weight is 474 g/mol. The molecule has 1 aromatic carbocycles. The van der Waals surface area contributed by atoms with Crippen molar-refractivity contribution in [3.05, 3.63) is 47.8 Å². The third kappa shape index (κ3) is 6.23. The van der Waals surface area contributed by atoms with Gasteiger partial charge in [-0.3, -0.25) is 4.79 Å². The smallest absolute Gasteiger partial charge is 0.228 e. The van der Waals surface area contributed by atoms with Crippen LogP contribution in [0.5, 0.6) is 0 Å². The number of carbonyl (C=O) groups is 1. The van der Waals surface area contributed by atoms with E-state index in [-0.39, 0.29) is 34.4 Å². The number of benzene rings is 1. The highest BCUT2D eigenvalue weighted by molar-refractivity contribution is 7.90. The molecule has 7 nitrogen and oxygen atoms in total. The summed E-state index contributed by atoms with van der Waals surface area (Å²) in [5.74, 6) is 0.00837. The monoisotopic (exact) mass is 473 g/mol. The SMILES string of the molecule is CC(C)(C)CC(=O)N(Cc1cnc(S(=O)(=O)Cc2ccccc2)n1C[C@@H]1CCCO1)C1CC1. The summed E-state index contributed by atoms with van der Waals surface area (Å²) in [4.78, 5) is 19.4. The normalized spacial score (nSPS) is 19.1. The lowest BCUT2D eigenvalue weighted by molar-refractivity contribution is -0.134. The molecule has 0 bridgehead atoms. The lowest BCUT2D eigenvalue weighted by Crippen LogP contribution is -2.36. The van der Waals surface area contributed by atoms with Crippen molar-refractivity contribution in [2.24, 2.45) is 5.41 Å². The average Bonchev–Trinajstić information content (AvgIpc) is 3.27. The molecule has 2 heterocycles. The van der Waals surface area contributed by atoms with Crippen LogP contribution in [-0.4, -0.2) is 47.5 Å². The Morgan fingerprint density at radius 2 is 1.91 bits per heavy atom. The third-order valence-corrected chi connectivity index (χ3v) is 7.71. The van der Waals surface area contributed by atoms with Gasteiger partial charge in [0.25, 0.3) is 0 Å². The summed E-state index contributed by atoms with van der Waals surface area (Å²) in [6, 6.07) is 9.40. The second kappa shape index (κ2) is 9.58. The Morgan fingerprint density at radius 3 is 2.52 bits per heavy atom. The molecule has 1 aromatic heterocycles. The molecule has 2 aromatic rings. The summed E-state index contributed by atoms with van der Waals surface area (Å²) in [5, 5.41) is 0.0656. The van der Waals surface area contributed by atoms with Crippen molar-refractivity contribution in [2.75, 3.05) is 6.61 Å². The van der Waals surface area contributed by atoms with Crippen molar-refractivity contribution in [1.29, 1.82) is 0 Å². The molecule has 2 aliphatic rings. The molecule has 1 amide bonds. The summed E-state index contributed by atoms with van der Waals surface area (Å²) in [7, 11) is -3.66. The van der Waals surface area contributed by atoms with E-state index in [0.29, 0.717) is 26.1 Å². The lowest BCUT2D eigenvalue weighted by atomic mass is 9.91. The van der Waals surface area contributed by atoms with Crippen LogP contribution >= 0.6 is 0 Å². The molecule has 1 saturated carbocycles. The molecule has 1 saturated heterocycles. The van der Waals surface area contributed by atoms with E-state index in [1.54, 1.807) is 10.8 Å². The molecule has 180 valence electrons. The fourth-order valence-corrected chi connectivity index (χ4v) is 5.85. The number of rotatable bonds is 9. The second-order valence-corrected chi connectivity index (χ2v) is 12.4. The molecule has 4 rings (SSSR count). The molecule has 1 atom stereocenters. The fourth-order valence-electron chi connectivity index (χ4n) is 4.35. The summed E-state index contributed by atoms with van der Waals surface area (Å²) in [6.45, 7) is 7.69. The number of aromatic nitrogens is 2. The van der Waals surface area contributed by atoms with Crippen LogP contribution in [0.15, 0.2) is 41.7 Å². The molecular weight excluding hydrogens is 438 g/mol. The number of nitrogens with zero attached hydrogens (tertiary/aromatic N) is 3. The van der Waals surface area contributed by atoms with E-state index in [9.17, 15) is 13.2 Å². The molecule has 1 aliphatic carbocycles. The van der Waals surface area contributed by atoms with Gasteiger partial charge in [0.1, 0.15) is 0 Å². The lowest BCUT2D eigenvalue weighted by Gasteiger charge is -2.27. The highest BCUT2D eigenvalue weighted by Crippen LogP contribution is 2.32. The molecule has 2 fully saturated rings. The van der Waals surface area contributed by atoms with E-state index in [2.05, 4.69) is 25.8 Å². The van der Waals surface area contributed by atoms with E-state index < -0.39 is 9.84 Å². The Bertz CT molecular complexity index is 1060. The molecular formula is C25H35N3O4S. The first-order valence-electron chi connectivity index (χ1n) is 11.8. The fraction of sp³-hybridized carbons (Fsp3) is 0.600.